The quantitative estimate of drug-likeness (QED) is 0.796. The Labute approximate surface area is 137 Å². The van der Waals surface area contributed by atoms with E-state index in [2.05, 4.69) is 24.3 Å². The molecule has 3 rings (SSSR count). The number of aliphatic hydroxyl groups is 1. The summed E-state index contributed by atoms with van der Waals surface area (Å²) in [4.78, 5) is 0. The van der Waals surface area contributed by atoms with E-state index in [4.69, 9.17) is 9.47 Å². The van der Waals surface area contributed by atoms with Gasteiger partial charge in [-0.3, -0.25) is 0 Å². The molecule has 2 aromatic carbocycles. The van der Waals surface area contributed by atoms with Crippen molar-refractivity contribution in [2.75, 3.05) is 6.61 Å². The molecule has 4 heteroatoms. The van der Waals surface area contributed by atoms with Crippen LogP contribution in [-0.4, -0.2) is 45.0 Å². The van der Waals surface area contributed by atoms with Gasteiger partial charge in [0, 0.05) is 0 Å². The molecule has 0 aromatic heterocycles. The van der Waals surface area contributed by atoms with E-state index in [9.17, 15) is 5.11 Å². The van der Waals surface area contributed by atoms with E-state index in [1.807, 2.05) is 36.4 Å². The van der Waals surface area contributed by atoms with E-state index in [0.717, 1.165) is 10.9 Å². The molecule has 0 unspecified atom stereocenters. The van der Waals surface area contributed by atoms with Gasteiger partial charge in [0.15, 0.2) is 0 Å². The Morgan fingerprint density at radius 1 is 1.05 bits per heavy atom. The van der Waals surface area contributed by atoms with Crippen molar-refractivity contribution in [3.63, 3.8) is 0 Å². The molecule has 1 aliphatic heterocycles. The van der Waals surface area contributed by atoms with Gasteiger partial charge < -0.3 is 0 Å². The molecule has 0 amide bonds. The predicted octanol–water partition coefficient (Wildman–Crippen LogP) is 1.78. The van der Waals surface area contributed by atoms with Gasteiger partial charge in [0.1, 0.15) is 0 Å². The number of hydrogen-bond donors (Lipinski definition) is 1. The van der Waals surface area contributed by atoms with Crippen molar-refractivity contribution >= 4 is 19.4 Å². The van der Waals surface area contributed by atoms with Crippen LogP contribution in [0.15, 0.2) is 60.7 Å². The first kappa shape index (κ1) is 15.7. The summed E-state index contributed by atoms with van der Waals surface area (Å²) in [5, 5.41) is 11.0. The van der Waals surface area contributed by atoms with Crippen LogP contribution in [0.25, 0.3) is 0 Å². The van der Waals surface area contributed by atoms with Gasteiger partial charge in [-0.15, -0.1) is 0 Å². The van der Waals surface area contributed by atoms with E-state index in [1.54, 1.807) is 0 Å². The van der Waals surface area contributed by atoms with Gasteiger partial charge in [-0.2, -0.15) is 0 Å². The molecule has 1 saturated heterocycles. The van der Waals surface area contributed by atoms with Crippen molar-refractivity contribution in [3.05, 3.63) is 66.2 Å². The second kappa shape index (κ2) is 7.91. The van der Waals surface area contributed by atoms with Crippen molar-refractivity contribution in [2.24, 2.45) is 0 Å². The zero-order chi connectivity index (χ0) is 15.2. The number of ether oxygens (including phenoxy) is 2. The molecular formula is C18H20O3Se. The van der Waals surface area contributed by atoms with Gasteiger partial charge in [-0.05, 0) is 0 Å². The maximum absolute atomic E-state index is 10.1. The molecule has 116 valence electrons. The minimum absolute atomic E-state index is 0.0149. The standard InChI is InChI=1S/C18H20O3Se/c19-16-12-20-17(13-22-15-9-5-2-6-10-15)18(16)21-11-14-7-3-1-4-8-14/h1-10,16-19H,11-13H2/t16-,17+,18-/m1/s1. The van der Waals surface area contributed by atoms with Crippen LogP contribution in [0.5, 0.6) is 0 Å². The summed E-state index contributed by atoms with van der Waals surface area (Å²) in [6.45, 7) is 0.885. The average molecular weight is 363 g/mol. The molecule has 1 heterocycles. The first-order valence-electron chi connectivity index (χ1n) is 7.46. The Morgan fingerprint density at radius 2 is 1.73 bits per heavy atom. The predicted molar refractivity (Wildman–Crippen MR) is 87.4 cm³/mol. The summed E-state index contributed by atoms with van der Waals surface area (Å²) in [7, 11) is 0. The Bertz CT molecular complexity index is 561. The van der Waals surface area contributed by atoms with Gasteiger partial charge in [0.25, 0.3) is 0 Å². The number of aliphatic hydroxyl groups excluding tert-OH is 1. The fourth-order valence-electron chi connectivity index (χ4n) is 2.48. The molecular weight excluding hydrogens is 343 g/mol. The third kappa shape index (κ3) is 4.19. The Hall–Kier alpha value is -1.16. The second-order valence-electron chi connectivity index (χ2n) is 5.32. The monoisotopic (exact) mass is 364 g/mol. The van der Waals surface area contributed by atoms with Crippen molar-refractivity contribution in [2.45, 2.75) is 30.2 Å². The van der Waals surface area contributed by atoms with Gasteiger partial charge in [0.2, 0.25) is 0 Å². The third-order valence-corrected chi connectivity index (χ3v) is 5.98. The summed E-state index contributed by atoms with van der Waals surface area (Å²) in [6, 6.07) is 20.5. The summed E-state index contributed by atoms with van der Waals surface area (Å²) < 4.78 is 13.0. The molecule has 3 nitrogen and oxygen atoms in total. The van der Waals surface area contributed by atoms with E-state index < -0.39 is 6.10 Å². The van der Waals surface area contributed by atoms with Crippen LogP contribution in [0.2, 0.25) is 5.32 Å². The minimum atomic E-state index is -0.528. The van der Waals surface area contributed by atoms with Crippen LogP contribution in [0.1, 0.15) is 5.56 Å². The Morgan fingerprint density at radius 3 is 2.45 bits per heavy atom. The van der Waals surface area contributed by atoms with E-state index in [0.29, 0.717) is 28.2 Å². The molecule has 22 heavy (non-hydrogen) atoms. The zero-order valence-corrected chi connectivity index (χ0v) is 14.0. The first-order valence-corrected chi connectivity index (χ1v) is 9.53. The summed E-state index contributed by atoms with van der Waals surface area (Å²) in [5.74, 6) is 0. The van der Waals surface area contributed by atoms with E-state index in [-0.39, 0.29) is 12.2 Å². The van der Waals surface area contributed by atoms with Crippen LogP contribution < -0.4 is 4.46 Å². The molecule has 0 aliphatic carbocycles. The van der Waals surface area contributed by atoms with Crippen LogP contribution in [0.3, 0.4) is 0 Å². The van der Waals surface area contributed by atoms with Crippen LogP contribution in [-0.2, 0) is 16.1 Å². The molecule has 0 bridgehead atoms. The fraction of sp³-hybridized carbons (Fsp3) is 0.333. The summed E-state index contributed by atoms with van der Waals surface area (Å²) in [5.41, 5.74) is 1.12. The second-order valence-corrected chi connectivity index (χ2v) is 7.62. The van der Waals surface area contributed by atoms with Crippen LogP contribution in [0, 0.1) is 0 Å². The first-order chi connectivity index (χ1) is 10.8. The SMILES string of the molecule is O[C@@H]1CO[C@@H](C[Se]c2ccccc2)[C@@H]1OCc1ccccc1. The Balaban J connectivity index is 1.54. The van der Waals surface area contributed by atoms with Crippen molar-refractivity contribution in [3.8, 4) is 0 Å². The number of benzene rings is 2. The number of hydrogen-bond acceptors (Lipinski definition) is 3. The molecule has 0 saturated carbocycles. The van der Waals surface area contributed by atoms with E-state index >= 15 is 0 Å². The van der Waals surface area contributed by atoms with Crippen LogP contribution in [0.4, 0.5) is 0 Å². The van der Waals surface area contributed by atoms with Gasteiger partial charge >= 0.3 is 137 Å². The normalized spacial score (nSPS) is 24.5. The molecule has 1 aliphatic rings. The number of rotatable bonds is 6. The van der Waals surface area contributed by atoms with Crippen LogP contribution >= 0.6 is 0 Å². The van der Waals surface area contributed by atoms with Crippen molar-refractivity contribution in [1.29, 1.82) is 0 Å². The Kier molecular flexibility index (Phi) is 5.65. The van der Waals surface area contributed by atoms with Crippen molar-refractivity contribution < 1.29 is 14.6 Å². The molecule has 0 radical (unpaired) electrons. The van der Waals surface area contributed by atoms with Gasteiger partial charge in [0.05, 0.1) is 0 Å². The maximum atomic E-state index is 10.1. The average Bonchev–Trinajstić information content (AvgIpc) is 2.93. The summed E-state index contributed by atoms with van der Waals surface area (Å²) in [6.07, 6.45) is -0.773. The summed E-state index contributed by atoms with van der Waals surface area (Å²) >= 11 is 0.338. The fourth-order valence-corrected chi connectivity index (χ4v) is 4.56. The molecule has 1 fully saturated rings. The zero-order valence-electron chi connectivity index (χ0n) is 12.3. The van der Waals surface area contributed by atoms with E-state index in [1.165, 1.54) is 4.46 Å². The molecule has 2 aromatic rings. The third-order valence-electron chi connectivity index (χ3n) is 3.67. The molecule has 3 atom stereocenters. The molecule has 0 spiro atoms. The van der Waals surface area contributed by atoms with Gasteiger partial charge in [-0.25, -0.2) is 0 Å². The topological polar surface area (TPSA) is 38.7 Å². The molecule has 1 N–H and O–H groups in total. The van der Waals surface area contributed by atoms with Crippen molar-refractivity contribution in [1.82, 2.24) is 0 Å². The van der Waals surface area contributed by atoms with Gasteiger partial charge in [-0.1, -0.05) is 0 Å².